The third-order valence-corrected chi connectivity index (χ3v) is 4.21. The van der Waals surface area contributed by atoms with Gasteiger partial charge >= 0.3 is 0 Å². The second-order valence-electron chi connectivity index (χ2n) is 6.76. The predicted molar refractivity (Wildman–Crippen MR) is 78.3 cm³/mol. The molecule has 5 nitrogen and oxygen atoms in total. The lowest BCUT2D eigenvalue weighted by Crippen LogP contribution is -2.30. The zero-order valence-electron chi connectivity index (χ0n) is 12.7. The molecule has 20 heavy (non-hydrogen) atoms. The normalized spacial score (nSPS) is 20.9. The number of aromatic nitrogens is 4. The average molecular weight is 273 g/mol. The highest BCUT2D eigenvalue weighted by Crippen LogP contribution is 2.40. The second-order valence-corrected chi connectivity index (χ2v) is 6.76. The van der Waals surface area contributed by atoms with Gasteiger partial charge in [0, 0.05) is 24.5 Å². The maximum Gasteiger partial charge on any atom is 0.170 e. The van der Waals surface area contributed by atoms with Gasteiger partial charge in [-0.2, -0.15) is 5.10 Å². The van der Waals surface area contributed by atoms with E-state index in [4.69, 9.17) is 5.73 Å². The first kappa shape index (κ1) is 13.4. The predicted octanol–water partition coefficient (Wildman–Crippen LogP) is 1.95. The lowest BCUT2D eigenvalue weighted by molar-refractivity contribution is 0.275. The molecule has 0 aromatic carbocycles. The molecule has 0 radical (unpaired) electrons. The highest BCUT2D eigenvalue weighted by Gasteiger charge is 2.33. The number of hydrogen-bond acceptors (Lipinski definition) is 3. The molecule has 5 heteroatoms. The van der Waals surface area contributed by atoms with E-state index in [0.717, 1.165) is 25.2 Å². The van der Waals surface area contributed by atoms with Crippen molar-refractivity contribution in [1.82, 2.24) is 19.3 Å². The largest absolute Gasteiger partial charge is 0.341 e. The van der Waals surface area contributed by atoms with Crippen molar-refractivity contribution in [3.63, 3.8) is 0 Å². The first-order valence-electron chi connectivity index (χ1n) is 7.15. The molecule has 0 saturated heterocycles. The van der Waals surface area contributed by atoms with E-state index in [2.05, 4.69) is 41.5 Å². The van der Waals surface area contributed by atoms with Gasteiger partial charge in [-0.25, -0.2) is 4.98 Å². The Hall–Kier alpha value is -1.62. The summed E-state index contributed by atoms with van der Waals surface area (Å²) in [6.07, 6.45) is 3.86. The van der Waals surface area contributed by atoms with Crippen LogP contribution in [0.5, 0.6) is 0 Å². The summed E-state index contributed by atoms with van der Waals surface area (Å²) in [7, 11) is 1.90. The molecule has 0 fully saturated rings. The van der Waals surface area contributed by atoms with Crippen LogP contribution in [-0.4, -0.2) is 19.3 Å². The fourth-order valence-electron chi connectivity index (χ4n) is 3.32. The number of fused-ring (bicyclic) bond motifs is 1. The monoisotopic (exact) mass is 273 g/mol. The van der Waals surface area contributed by atoms with Crippen molar-refractivity contribution in [2.45, 2.75) is 46.2 Å². The lowest BCUT2D eigenvalue weighted by Gasteiger charge is -2.34. The molecule has 2 heterocycles. The van der Waals surface area contributed by atoms with Crippen molar-refractivity contribution in [1.29, 1.82) is 0 Å². The van der Waals surface area contributed by atoms with Crippen LogP contribution in [-0.2, 0) is 20.0 Å². The quantitative estimate of drug-likeness (QED) is 0.909. The van der Waals surface area contributed by atoms with E-state index < -0.39 is 0 Å². The molecule has 1 aliphatic carbocycles. The molecule has 108 valence electrons. The highest BCUT2D eigenvalue weighted by atomic mass is 15.3. The zero-order valence-corrected chi connectivity index (χ0v) is 12.7. The van der Waals surface area contributed by atoms with Crippen LogP contribution in [0.15, 0.2) is 12.4 Å². The van der Waals surface area contributed by atoms with E-state index in [1.165, 1.54) is 17.0 Å². The third-order valence-electron chi connectivity index (χ3n) is 4.21. The minimum Gasteiger partial charge on any atom is -0.341 e. The molecular formula is C15H23N5. The molecule has 0 spiro atoms. The second kappa shape index (κ2) is 4.45. The molecule has 0 bridgehead atoms. The molecule has 3 rings (SSSR count). The van der Waals surface area contributed by atoms with Gasteiger partial charge in [-0.15, -0.1) is 0 Å². The molecule has 1 atom stereocenters. The van der Waals surface area contributed by atoms with Crippen molar-refractivity contribution in [3.8, 4) is 0 Å². The number of nitrogens with zero attached hydrogens (tertiary/aromatic N) is 4. The van der Waals surface area contributed by atoms with E-state index in [-0.39, 0.29) is 11.5 Å². The molecule has 2 aromatic heterocycles. The Morgan fingerprint density at radius 2 is 2.20 bits per heavy atom. The number of hydrogen-bond donors (Lipinski definition) is 1. The molecule has 0 saturated carbocycles. The summed E-state index contributed by atoms with van der Waals surface area (Å²) in [5, 5.41) is 4.38. The van der Waals surface area contributed by atoms with Crippen molar-refractivity contribution in [2.75, 3.05) is 0 Å². The van der Waals surface area contributed by atoms with Crippen LogP contribution in [0, 0.1) is 12.3 Å². The van der Waals surface area contributed by atoms with Gasteiger partial charge in [-0.05, 0) is 36.8 Å². The van der Waals surface area contributed by atoms with Gasteiger partial charge in [-0.1, -0.05) is 13.8 Å². The minimum atomic E-state index is 0.144. The summed E-state index contributed by atoms with van der Waals surface area (Å²) in [4.78, 5) is 4.34. The summed E-state index contributed by atoms with van der Waals surface area (Å²) >= 11 is 0. The first-order valence-corrected chi connectivity index (χ1v) is 7.15. The van der Waals surface area contributed by atoms with Gasteiger partial charge in [0.2, 0.25) is 0 Å². The van der Waals surface area contributed by atoms with Gasteiger partial charge in [0.1, 0.15) is 6.33 Å². The van der Waals surface area contributed by atoms with Crippen molar-refractivity contribution in [2.24, 2.45) is 18.2 Å². The smallest absolute Gasteiger partial charge is 0.170 e. The molecule has 0 aliphatic heterocycles. The van der Waals surface area contributed by atoms with Gasteiger partial charge in [0.15, 0.2) is 5.82 Å². The van der Waals surface area contributed by atoms with Crippen LogP contribution in [0.4, 0.5) is 0 Å². The van der Waals surface area contributed by atoms with Gasteiger partial charge in [0.25, 0.3) is 0 Å². The van der Waals surface area contributed by atoms with E-state index in [1.54, 1.807) is 11.0 Å². The van der Waals surface area contributed by atoms with Gasteiger partial charge < -0.3 is 10.3 Å². The molecule has 2 N–H and O–H groups in total. The SMILES string of the molecule is Cc1cc2c(n1Cc1ncn(C)n1)CC(C)(C)CC2N. The molecule has 2 aromatic rings. The Morgan fingerprint density at radius 1 is 1.45 bits per heavy atom. The molecular weight excluding hydrogens is 250 g/mol. The number of aryl methyl sites for hydroxylation is 2. The third kappa shape index (κ3) is 2.26. The van der Waals surface area contributed by atoms with Crippen LogP contribution < -0.4 is 5.73 Å². The van der Waals surface area contributed by atoms with Crippen molar-refractivity contribution < 1.29 is 0 Å². The molecule has 1 unspecified atom stereocenters. The average Bonchev–Trinajstić information content (AvgIpc) is 2.86. The highest BCUT2D eigenvalue weighted by molar-refractivity contribution is 5.34. The minimum absolute atomic E-state index is 0.144. The van der Waals surface area contributed by atoms with E-state index in [1.807, 2.05) is 7.05 Å². The topological polar surface area (TPSA) is 61.7 Å². The summed E-state index contributed by atoms with van der Waals surface area (Å²) in [5.41, 5.74) is 10.5. The molecule has 1 aliphatic rings. The lowest BCUT2D eigenvalue weighted by atomic mass is 9.74. The van der Waals surface area contributed by atoms with Crippen LogP contribution >= 0.6 is 0 Å². The maximum atomic E-state index is 6.35. The Bertz CT molecular complexity index is 635. The molecule has 0 amide bonds. The fourth-order valence-corrected chi connectivity index (χ4v) is 3.32. The Kier molecular flexibility index (Phi) is 2.97. The van der Waals surface area contributed by atoms with Crippen LogP contribution in [0.3, 0.4) is 0 Å². The Morgan fingerprint density at radius 3 is 2.85 bits per heavy atom. The van der Waals surface area contributed by atoms with Gasteiger partial charge in [0.05, 0.1) is 6.54 Å². The summed E-state index contributed by atoms with van der Waals surface area (Å²) in [6, 6.07) is 2.38. The van der Waals surface area contributed by atoms with Crippen molar-refractivity contribution in [3.05, 3.63) is 35.2 Å². The van der Waals surface area contributed by atoms with E-state index >= 15 is 0 Å². The fraction of sp³-hybridized carbons (Fsp3) is 0.600. The summed E-state index contributed by atoms with van der Waals surface area (Å²) in [6.45, 7) is 7.45. The van der Waals surface area contributed by atoms with E-state index in [0.29, 0.717) is 0 Å². The number of rotatable bonds is 2. The van der Waals surface area contributed by atoms with Crippen LogP contribution in [0.25, 0.3) is 0 Å². The van der Waals surface area contributed by atoms with Crippen LogP contribution in [0.1, 0.15) is 49.1 Å². The van der Waals surface area contributed by atoms with Gasteiger partial charge in [-0.3, -0.25) is 4.68 Å². The summed E-state index contributed by atoms with van der Waals surface area (Å²) < 4.78 is 4.07. The maximum absolute atomic E-state index is 6.35. The van der Waals surface area contributed by atoms with E-state index in [9.17, 15) is 0 Å². The zero-order chi connectivity index (χ0) is 14.5. The van der Waals surface area contributed by atoms with Crippen molar-refractivity contribution >= 4 is 0 Å². The Balaban J connectivity index is 2.00. The summed E-state index contributed by atoms with van der Waals surface area (Å²) in [5.74, 6) is 0.853. The van der Waals surface area contributed by atoms with Crippen LogP contribution in [0.2, 0.25) is 0 Å². The number of nitrogens with two attached hydrogens (primary N) is 1. The standard InChI is InChI=1S/C15H23N5/c1-10-5-11-12(16)6-15(2,3)7-13(11)20(10)8-14-17-9-19(4)18-14/h5,9,12H,6-8,16H2,1-4H3. The Labute approximate surface area is 119 Å². The first-order chi connectivity index (χ1) is 9.35.